The second-order valence-corrected chi connectivity index (χ2v) is 9.28. The number of nitrogens with zero attached hydrogens (tertiary/aromatic N) is 6. The van der Waals surface area contributed by atoms with Gasteiger partial charge < -0.3 is 14.6 Å². The molecule has 0 aliphatic carbocycles. The van der Waals surface area contributed by atoms with Crippen LogP contribution in [0.5, 0.6) is 11.5 Å². The van der Waals surface area contributed by atoms with E-state index in [4.69, 9.17) is 14.5 Å². The lowest BCUT2D eigenvalue weighted by Crippen LogP contribution is -2.52. The van der Waals surface area contributed by atoms with E-state index in [0.29, 0.717) is 40.2 Å². The van der Waals surface area contributed by atoms with Gasteiger partial charge in [0.05, 0.1) is 36.0 Å². The second-order valence-electron chi connectivity index (χ2n) is 9.28. The Balaban J connectivity index is 0.00000267. The van der Waals surface area contributed by atoms with Crippen LogP contribution in [0.4, 0.5) is 0 Å². The number of halogens is 1. The molecule has 188 valence electrons. The minimum absolute atomic E-state index is 0. The molecule has 2 saturated heterocycles. The largest absolute Gasteiger partial charge is 0.507 e. The molecule has 0 bridgehead atoms. The first-order chi connectivity index (χ1) is 17.1. The van der Waals surface area contributed by atoms with E-state index in [1.54, 1.807) is 23.9 Å². The molecule has 36 heavy (non-hydrogen) atoms. The predicted molar refractivity (Wildman–Crippen MR) is 139 cm³/mol. The average Bonchev–Trinajstić information content (AvgIpc) is 3.24. The minimum atomic E-state index is 0. The van der Waals surface area contributed by atoms with Crippen molar-refractivity contribution >= 4 is 23.4 Å². The average molecular weight is 509 g/mol. The minimum Gasteiger partial charge on any atom is -0.507 e. The zero-order chi connectivity index (χ0) is 23.9. The number of hydrogen-bond donors (Lipinski definition) is 1. The third kappa shape index (κ3) is 4.38. The highest BCUT2D eigenvalue weighted by atomic mass is 35.5. The molecule has 1 aromatic carbocycles. The zero-order valence-electron chi connectivity index (χ0n) is 20.3. The molecule has 6 rings (SSSR count). The highest BCUT2D eigenvalue weighted by molar-refractivity contribution is 5.89. The van der Waals surface area contributed by atoms with Crippen LogP contribution in [0.2, 0.25) is 0 Å². The number of aryl methyl sites for hydroxylation is 1. The molecule has 10 heteroatoms. The summed E-state index contributed by atoms with van der Waals surface area (Å²) < 4.78 is 12.8. The maximum atomic E-state index is 10.8. The Hall–Kier alpha value is -3.27. The molecule has 0 unspecified atom stereocenters. The van der Waals surface area contributed by atoms with Crippen LogP contribution in [0.1, 0.15) is 24.5 Å². The van der Waals surface area contributed by atoms with Crippen molar-refractivity contribution in [2.75, 3.05) is 33.4 Å². The molecule has 3 aromatic heterocycles. The van der Waals surface area contributed by atoms with E-state index in [2.05, 4.69) is 20.2 Å². The molecular weight excluding hydrogens is 480 g/mol. The van der Waals surface area contributed by atoms with Crippen LogP contribution in [0.15, 0.2) is 42.6 Å². The van der Waals surface area contributed by atoms with Crippen molar-refractivity contribution in [1.29, 1.82) is 0 Å². The summed E-state index contributed by atoms with van der Waals surface area (Å²) >= 11 is 0. The monoisotopic (exact) mass is 508 g/mol. The van der Waals surface area contributed by atoms with Gasteiger partial charge in [0.15, 0.2) is 11.3 Å². The standard InChI is InChI=1S/C26H28N6O3.ClH/c1-31-15-22-26(30-31)24(34-2)12-21(27-22)18-4-3-5-23(33)25(18)20-7-6-19(28-29-20)16-13-32(14-16)17-8-10-35-11-9-17;/h3-7,12,15-17,33H,8-11,13-14H2,1-2H3;1H. The summed E-state index contributed by atoms with van der Waals surface area (Å²) in [7, 11) is 3.47. The van der Waals surface area contributed by atoms with Gasteiger partial charge in [0.1, 0.15) is 11.3 Å². The molecule has 9 nitrogen and oxygen atoms in total. The lowest BCUT2D eigenvalue weighted by molar-refractivity contribution is 0.000892. The lowest BCUT2D eigenvalue weighted by Gasteiger charge is -2.45. The van der Waals surface area contributed by atoms with Crippen molar-refractivity contribution in [3.8, 4) is 34.0 Å². The smallest absolute Gasteiger partial charge is 0.153 e. The Labute approximate surface area is 215 Å². The summed E-state index contributed by atoms with van der Waals surface area (Å²) in [6.07, 6.45) is 4.06. The number of aromatic hydroxyl groups is 1. The van der Waals surface area contributed by atoms with Gasteiger partial charge in [0.2, 0.25) is 0 Å². The van der Waals surface area contributed by atoms with Gasteiger partial charge in [-0.2, -0.15) is 15.3 Å². The third-order valence-electron chi connectivity index (χ3n) is 7.07. The molecule has 1 N–H and O–H groups in total. The third-order valence-corrected chi connectivity index (χ3v) is 7.07. The first-order valence-corrected chi connectivity index (χ1v) is 12.0. The number of phenols is 1. The molecule has 0 saturated carbocycles. The summed E-state index contributed by atoms with van der Waals surface area (Å²) in [5.74, 6) is 1.15. The quantitative estimate of drug-likeness (QED) is 0.434. The number of pyridine rings is 1. The maximum absolute atomic E-state index is 10.8. The summed E-state index contributed by atoms with van der Waals surface area (Å²) in [6.45, 7) is 3.74. The fraction of sp³-hybridized carbons (Fsp3) is 0.385. The van der Waals surface area contributed by atoms with Gasteiger partial charge in [0, 0.05) is 56.9 Å². The fourth-order valence-corrected chi connectivity index (χ4v) is 5.15. The molecule has 0 radical (unpaired) electrons. The molecule has 2 fully saturated rings. The van der Waals surface area contributed by atoms with Gasteiger partial charge in [-0.15, -0.1) is 12.4 Å². The van der Waals surface area contributed by atoms with Gasteiger partial charge in [-0.05, 0) is 31.0 Å². The van der Waals surface area contributed by atoms with Gasteiger partial charge >= 0.3 is 0 Å². The number of likely N-dealkylation sites (tertiary alicyclic amines) is 1. The number of hydrogen-bond acceptors (Lipinski definition) is 8. The van der Waals surface area contributed by atoms with Crippen molar-refractivity contribution in [3.63, 3.8) is 0 Å². The van der Waals surface area contributed by atoms with Crippen LogP contribution in [0.3, 0.4) is 0 Å². The Bertz CT molecular complexity index is 1360. The fourth-order valence-electron chi connectivity index (χ4n) is 5.15. The Kier molecular flexibility index (Phi) is 6.79. The number of rotatable bonds is 5. The van der Waals surface area contributed by atoms with E-state index in [0.717, 1.165) is 55.9 Å². The van der Waals surface area contributed by atoms with Crippen molar-refractivity contribution in [2.24, 2.45) is 7.05 Å². The molecule has 0 atom stereocenters. The molecule has 2 aliphatic rings. The number of fused-ring (bicyclic) bond motifs is 1. The first-order valence-electron chi connectivity index (χ1n) is 12.0. The van der Waals surface area contributed by atoms with E-state index < -0.39 is 0 Å². The van der Waals surface area contributed by atoms with Crippen molar-refractivity contribution in [3.05, 3.63) is 48.3 Å². The summed E-state index contributed by atoms with van der Waals surface area (Å²) in [6, 6.07) is 11.8. The number of methoxy groups -OCH3 is 1. The zero-order valence-corrected chi connectivity index (χ0v) is 21.1. The van der Waals surface area contributed by atoms with Crippen LogP contribution in [0, 0.1) is 0 Å². The normalized spacial score (nSPS) is 17.1. The number of aromatic nitrogens is 5. The van der Waals surface area contributed by atoms with Crippen LogP contribution in [0.25, 0.3) is 33.5 Å². The SMILES string of the molecule is COc1cc(-c2cccc(O)c2-c2ccc(C3CN(C4CCOCC4)C3)nn2)nc2cn(C)nc12.Cl. The lowest BCUT2D eigenvalue weighted by atomic mass is 9.91. The number of benzene rings is 1. The molecule has 4 aromatic rings. The molecule has 0 amide bonds. The number of phenolic OH excluding ortho intramolecular Hbond substituents is 1. The molecular formula is C26H29ClN6O3. The topological polar surface area (TPSA) is 98.4 Å². The summed E-state index contributed by atoms with van der Waals surface area (Å²) in [5, 5.41) is 24.3. The molecule has 2 aliphatic heterocycles. The van der Waals surface area contributed by atoms with Crippen molar-refractivity contribution in [1.82, 2.24) is 29.9 Å². The van der Waals surface area contributed by atoms with Crippen LogP contribution < -0.4 is 4.74 Å². The number of ether oxygens (including phenoxy) is 2. The van der Waals surface area contributed by atoms with Gasteiger partial charge in [-0.1, -0.05) is 12.1 Å². The highest BCUT2D eigenvalue weighted by Crippen LogP contribution is 2.39. The van der Waals surface area contributed by atoms with E-state index in [-0.39, 0.29) is 18.2 Å². The molecule has 5 heterocycles. The first kappa shape index (κ1) is 24.4. The van der Waals surface area contributed by atoms with Crippen LogP contribution in [-0.2, 0) is 11.8 Å². The Morgan fingerprint density at radius 1 is 1.06 bits per heavy atom. The van der Waals surface area contributed by atoms with Crippen molar-refractivity contribution < 1.29 is 14.6 Å². The summed E-state index contributed by atoms with van der Waals surface area (Å²) in [4.78, 5) is 7.31. The maximum Gasteiger partial charge on any atom is 0.153 e. The van der Waals surface area contributed by atoms with Crippen LogP contribution >= 0.6 is 12.4 Å². The van der Waals surface area contributed by atoms with E-state index in [1.165, 1.54) is 0 Å². The van der Waals surface area contributed by atoms with E-state index >= 15 is 0 Å². The highest BCUT2D eigenvalue weighted by Gasteiger charge is 2.35. The van der Waals surface area contributed by atoms with Crippen LogP contribution in [-0.4, -0.2) is 74.4 Å². The van der Waals surface area contributed by atoms with Crippen molar-refractivity contribution in [2.45, 2.75) is 24.8 Å². The van der Waals surface area contributed by atoms with Gasteiger partial charge in [0.25, 0.3) is 0 Å². The Morgan fingerprint density at radius 2 is 1.86 bits per heavy atom. The van der Waals surface area contributed by atoms with E-state index in [9.17, 15) is 5.11 Å². The predicted octanol–water partition coefficient (Wildman–Crippen LogP) is 3.81. The second kappa shape index (κ2) is 10.0. The Morgan fingerprint density at radius 3 is 2.58 bits per heavy atom. The van der Waals surface area contributed by atoms with Gasteiger partial charge in [-0.3, -0.25) is 9.58 Å². The summed E-state index contributed by atoms with van der Waals surface area (Å²) in [5.41, 5.74) is 5.04. The van der Waals surface area contributed by atoms with Gasteiger partial charge in [-0.25, -0.2) is 4.98 Å². The van der Waals surface area contributed by atoms with E-state index in [1.807, 2.05) is 37.5 Å². The molecule has 0 spiro atoms.